The van der Waals surface area contributed by atoms with Gasteiger partial charge in [0.2, 0.25) is 0 Å². The number of nitrogens with zero attached hydrogens (tertiary/aromatic N) is 2. The molecule has 2 N–H and O–H groups in total. The van der Waals surface area contributed by atoms with Gasteiger partial charge in [-0.25, -0.2) is 9.97 Å². The van der Waals surface area contributed by atoms with E-state index in [9.17, 15) is 0 Å². The fourth-order valence-corrected chi connectivity index (χ4v) is 19.1. The number of aryl methyl sites for hydroxylation is 2. The fourth-order valence-electron chi connectivity index (χ4n) is 2.95. The molecule has 2 aromatic heterocycles. The van der Waals surface area contributed by atoms with Crippen LogP contribution in [0.4, 0.5) is 0 Å². The van der Waals surface area contributed by atoms with Crippen LogP contribution in [-0.4, -0.2) is 56.0 Å². The third-order valence-corrected chi connectivity index (χ3v) is 13.8. The molecule has 4 nitrogen and oxygen atoms in total. The van der Waals surface area contributed by atoms with Crippen molar-refractivity contribution in [1.82, 2.24) is 0 Å². The Hall–Kier alpha value is -0.146. The molecule has 0 unspecified atom stereocenters. The molecule has 184 valence electrons. The van der Waals surface area contributed by atoms with Gasteiger partial charge in [0.25, 0.3) is 0 Å². The van der Waals surface area contributed by atoms with Crippen molar-refractivity contribution >= 4 is 56.0 Å². The van der Waals surface area contributed by atoms with Gasteiger partial charge in [0.1, 0.15) is 0 Å². The molecular formula is C24H52MgN4Si4+2. The van der Waals surface area contributed by atoms with Crippen LogP contribution in [-0.2, 0) is 0 Å². The maximum Gasteiger partial charge on any atom is 2.00 e. The summed E-state index contributed by atoms with van der Waals surface area (Å²) in [7, 11) is -4.42. The number of nitrogens with one attached hydrogen (secondary N) is 2. The summed E-state index contributed by atoms with van der Waals surface area (Å²) in [6.45, 7) is 31.7. The molecule has 0 aliphatic carbocycles. The first-order chi connectivity index (χ1) is 14.2. The van der Waals surface area contributed by atoms with Crippen LogP contribution in [0, 0.1) is 13.8 Å². The normalized spacial score (nSPS) is 11.3. The number of H-pyrrole nitrogens is 2. The van der Waals surface area contributed by atoms with Crippen molar-refractivity contribution in [3.8, 4) is 0 Å². The molecule has 0 bridgehead atoms. The molecule has 0 fully saturated rings. The van der Waals surface area contributed by atoms with Crippen LogP contribution < -0.4 is 9.97 Å². The second-order valence-corrected chi connectivity index (χ2v) is 31.2. The third-order valence-electron chi connectivity index (χ3n) is 3.11. The van der Waals surface area contributed by atoms with Crippen LogP contribution in [0.5, 0.6) is 0 Å². The average molecular weight is 533 g/mol. The van der Waals surface area contributed by atoms with Crippen LogP contribution in [0.3, 0.4) is 0 Å². The Balaban J connectivity index is -0.000000362. The van der Waals surface area contributed by atoms with Crippen molar-refractivity contribution in [3.63, 3.8) is 0 Å². The van der Waals surface area contributed by atoms with Gasteiger partial charge < -0.3 is 9.30 Å². The molecule has 0 saturated heterocycles. The molecule has 2 aromatic rings. The summed E-state index contributed by atoms with van der Waals surface area (Å²) < 4.78 is 9.64. The summed E-state index contributed by atoms with van der Waals surface area (Å²) in [5.74, 6) is 0. The Morgan fingerprint density at radius 3 is 0.697 bits per heavy atom. The van der Waals surface area contributed by atoms with Crippen molar-refractivity contribution in [2.75, 3.05) is 0 Å². The van der Waals surface area contributed by atoms with E-state index in [4.69, 9.17) is 9.30 Å². The van der Waals surface area contributed by atoms with Crippen LogP contribution in [0.15, 0.2) is 49.1 Å². The Kier molecular flexibility index (Phi) is 19.6. The summed E-state index contributed by atoms with van der Waals surface area (Å²) in [4.78, 5) is 5.87. The van der Waals surface area contributed by atoms with Gasteiger partial charge >= 0.3 is 23.1 Å². The topological polar surface area (TPSA) is 56.5 Å². The molecular weight excluding hydrogens is 481 g/mol. The van der Waals surface area contributed by atoms with E-state index in [0.29, 0.717) is 0 Å². The van der Waals surface area contributed by atoms with Crippen molar-refractivity contribution in [2.24, 2.45) is 0 Å². The van der Waals surface area contributed by atoms with Crippen LogP contribution in [0.2, 0.25) is 78.6 Å². The molecule has 33 heavy (non-hydrogen) atoms. The summed E-state index contributed by atoms with van der Waals surface area (Å²) in [6, 6.07) is 8.11. The standard InChI is InChI=1S/2C6H18NSi2.2C6H7N.Mg/c2*1-8(2,3)7-9(4,5)6;2*1-6-2-4-7-5-3-6;/h2*1-6H3;2*2-5H,1H3;/q2*-1;;;+2/p+2. The molecule has 0 atom stereocenters. The molecule has 0 spiro atoms. The first-order valence-corrected chi connectivity index (χ1v) is 25.3. The molecule has 0 saturated carbocycles. The number of hydrogen-bond acceptors (Lipinski definition) is 0. The Morgan fingerprint density at radius 1 is 0.455 bits per heavy atom. The molecule has 0 aliphatic rings. The van der Waals surface area contributed by atoms with Crippen LogP contribution in [0.25, 0.3) is 9.30 Å². The first-order valence-electron chi connectivity index (χ1n) is 11.5. The maximum absolute atomic E-state index is 4.82. The minimum Gasteiger partial charge on any atom is -0.668 e. The van der Waals surface area contributed by atoms with E-state index in [1.807, 2.05) is 49.1 Å². The minimum absolute atomic E-state index is 0. The monoisotopic (exact) mass is 532 g/mol. The van der Waals surface area contributed by atoms with Gasteiger partial charge in [-0.05, 0) is 25.0 Å². The van der Waals surface area contributed by atoms with Gasteiger partial charge in [-0.15, -0.1) is 0 Å². The average Bonchev–Trinajstić information content (AvgIpc) is 2.51. The van der Waals surface area contributed by atoms with E-state index >= 15 is 0 Å². The van der Waals surface area contributed by atoms with Gasteiger partial charge in [-0.1, -0.05) is 112 Å². The second kappa shape index (κ2) is 17.3. The Morgan fingerprint density at radius 2 is 0.636 bits per heavy atom. The van der Waals surface area contributed by atoms with E-state index in [2.05, 4.69) is 102 Å². The summed E-state index contributed by atoms with van der Waals surface area (Å²) in [6.07, 6.45) is 7.65. The van der Waals surface area contributed by atoms with Crippen molar-refractivity contribution in [1.29, 1.82) is 0 Å². The predicted molar refractivity (Wildman–Crippen MR) is 161 cm³/mol. The van der Waals surface area contributed by atoms with E-state index in [-0.39, 0.29) is 23.1 Å². The molecule has 2 heterocycles. The smallest absolute Gasteiger partial charge is 0.668 e. The van der Waals surface area contributed by atoms with E-state index < -0.39 is 32.9 Å². The molecule has 0 radical (unpaired) electrons. The minimum atomic E-state index is -1.11. The zero-order chi connectivity index (χ0) is 25.6. The zero-order valence-corrected chi connectivity index (χ0v) is 29.6. The maximum atomic E-state index is 4.82. The van der Waals surface area contributed by atoms with Gasteiger partial charge in [0.05, 0.1) is 0 Å². The second-order valence-electron chi connectivity index (χ2n) is 12.1. The summed E-state index contributed by atoms with van der Waals surface area (Å²) >= 11 is 0. The van der Waals surface area contributed by atoms with Gasteiger partial charge in [-0.2, -0.15) is 0 Å². The number of rotatable bonds is 4. The van der Waals surface area contributed by atoms with Crippen LogP contribution in [0.1, 0.15) is 11.1 Å². The Bertz CT molecular complexity index is 618. The van der Waals surface area contributed by atoms with Gasteiger partial charge in [0.15, 0.2) is 24.8 Å². The summed E-state index contributed by atoms with van der Waals surface area (Å²) in [5.41, 5.74) is 2.58. The van der Waals surface area contributed by atoms with Gasteiger partial charge in [0, 0.05) is 24.3 Å². The number of aromatic amines is 2. The molecule has 0 aromatic carbocycles. The fraction of sp³-hybridized carbons (Fsp3) is 0.583. The molecule has 0 aliphatic heterocycles. The predicted octanol–water partition coefficient (Wildman–Crippen LogP) is 7.30. The van der Waals surface area contributed by atoms with Gasteiger partial charge in [-0.3, -0.25) is 0 Å². The molecule has 0 amide bonds. The van der Waals surface area contributed by atoms with Crippen LogP contribution >= 0.6 is 0 Å². The number of hydrogen-bond donors (Lipinski definition) is 0. The first kappa shape index (κ1) is 37.4. The van der Waals surface area contributed by atoms with Crippen molar-refractivity contribution in [3.05, 3.63) is 69.5 Å². The van der Waals surface area contributed by atoms with E-state index in [0.717, 1.165) is 0 Å². The molecule has 2 rings (SSSR count). The van der Waals surface area contributed by atoms with E-state index in [1.54, 1.807) is 0 Å². The SMILES string of the molecule is C[Si](C)(C)[N-][Si](C)(C)C.C[Si](C)(C)[N-][Si](C)(C)C.Cc1cc[nH+]cc1.Cc1cc[nH+]cc1.[Mg+2]. The quantitative estimate of drug-likeness (QED) is 0.371. The van der Waals surface area contributed by atoms with E-state index in [1.165, 1.54) is 11.1 Å². The summed E-state index contributed by atoms with van der Waals surface area (Å²) in [5, 5.41) is 0. The zero-order valence-electron chi connectivity index (χ0n) is 24.2. The molecule has 9 heteroatoms. The third kappa shape index (κ3) is 36.6. The number of aromatic nitrogens is 2. The Labute approximate surface area is 226 Å². The largest absolute Gasteiger partial charge is 2.00 e. The van der Waals surface area contributed by atoms with Crippen molar-refractivity contribution in [2.45, 2.75) is 92.4 Å². The number of pyridine rings is 2. The van der Waals surface area contributed by atoms with Crippen molar-refractivity contribution < 1.29 is 9.97 Å².